The Morgan fingerprint density at radius 1 is 1.03 bits per heavy atom. The zero-order valence-electron chi connectivity index (χ0n) is 16.7. The van der Waals surface area contributed by atoms with E-state index in [0.29, 0.717) is 5.56 Å². The number of aromatic nitrogens is 1. The lowest BCUT2D eigenvalue weighted by Gasteiger charge is -2.08. The molecule has 0 bridgehead atoms. The molecule has 3 aromatic carbocycles. The van der Waals surface area contributed by atoms with Crippen molar-refractivity contribution in [2.45, 2.75) is 19.6 Å². The topological polar surface area (TPSA) is 66.6 Å². The minimum Gasteiger partial charge on any atom is -0.378 e. The number of carbonyl (C=O) groups is 1. The van der Waals surface area contributed by atoms with Crippen LogP contribution >= 0.6 is 0 Å². The van der Waals surface area contributed by atoms with Gasteiger partial charge in [0.2, 0.25) is 0 Å². The van der Waals surface area contributed by atoms with Crippen LogP contribution in [-0.2, 0) is 11.3 Å². The lowest BCUT2D eigenvalue weighted by Crippen LogP contribution is -2.25. The molecule has 0 aliphatic heterocycles. The third-order valence-corrected chi connectivity index (χ3v) is 5.16. The molecule has 0 spiro atoms. The van der Waals surface area contributed by atoms with Crippen LogP contribution in [0.25, 0.3) is 10.9 Å². The van der Waals surface area contributed by atoms with E-state index in [1.165, 1.54) is 11.1 Å². The van der Waals surface area contributed by atoms with Crippen LogP contribution in [0.4, 0.5) is 0 Å². The molecule has 0 saturated carbocycles. The van der Waals surface area contributed by atoms with Gasteiger partial charge in [-0.1, -0.05) is 72.8 Å². The van der Waals surface area contributed by atoms with Gasteiger partial charge in [-0.05, 0) is 29.7 Å². The van der Waals surface area contributed by atoms with E-state index < -0.39 is 12.0 Å². The number of hydrazone groups is 1. The molecule has 1 atom stereocenters. The van der Waals surface area contributed by atoms with Gasteiger partial charge in [0.15, 0.2) is 6.10 Å². The molecule has 4 rings (SSSR count). The summed E-state index contributed by atoms with van der Waals surface area (Å²) in [7, 11) is 0. The number of nitrogens with zero attached hydrogens (tertiary/aromatic N) is 2. The Morgan fingerprint density at radius 2 is 1.73 bits per heavy atom. The van der Waals surface area contributed by atoms with E-state index in [-0.39, 0.29) is 0 Å². The Morgan fingerprint density at radius 3 is 2.53 bits per heavy atom. The van der Waals surface area contributed by atoms with Gasteiger partial charge in [-0.25, -0.2) is 5.43 Å². The number of benzene rings is 3. The smallest absolute Gasteiger partial charge is 0.273 e. The van der Waals surface area contributed by atoms with Gasteiger partial charge in [-0.3, -0.25) is 4.79 Å². The summed E-state index contributed by atoms with van der Waals surface area (Å²) >= 11 is 0. The summed E-state index contributed by atoms with van der Waals surface area (Å²) in [6.45, 7) is 2.86. The quantitative estimate of drug-likeness (QED) is 0.379. The minimum absolute atomic E-state index is 0.528. The van der Waals surface area contributed by atoms with Gasteiger partial charge in [-0.2, -0.15) is 5.10 Å². The van der Waals surface area contributed by atoms with Crippen molar-refractivity contribution < 1.29 is 9.90 Å². The first kappa shape index (κ1) is 19.6. The van der Waals surface area contributed by atoms with E-state index in [4.69, 9.17) is 0 Å². The fourth-order valence-electron chi connectivity index (χ4n) is 3.49. The standard InChI is InChI=1S/C25H23N3O2/c1-18-9-5-6-12-20(18)16-28-17-21(22-13-7-8-14-23(22)28)15-26-27-25(30)24(29)19-10-3-2-4-11-19/h2-15,17,24,29H,16H2,1H3,(H,27,30)/b26-15-/t24-/m0/s1. The normalized spacial score (nSPS) is 12.3. The van der Waals surface area contributed by atoms with Crippen molar-refractivity contribution >= 4 is 23.0 Å². The van der Waals surface area contributed by atoms with Crippen LogP contribution in [-0.4, -0.2) is 21.8 Å². The van der Waals surface area contributed by atoms with E-state index in [1.807, 2.05) is 42.6 Å². The molecule has 2 N–H and O–H groups in total. The molecule has 0 fully saturated rings. The van der Waals surface area contributed by atoms with Crippen LogP contribution in [0, 0.1) is 6.92 Å². The molecule has 150 valence electrons. The molecular weight excluding hydrogens is 374 g/mol. The number of hydrogen-bond donors (Lipinski definition) is 2. The van der Waals surface area contributed by atoms with Crippen LogP contribution < -0.4 is 5.43 Å². The maximum Gasteiger partial charge on any atom is 0.273 e. The van der Waals surface area contributed by atoms with Gasteiger partial charge in [0.25, 0.3) is 5.91 Å². The maximum absolute atomic E-state index is 12.2. The summed E-state index contributed by atoms with van der Waals surface area (Å²) < 4.78 is 2.18. The van der Waals surface area contributed by atoms with E-state index in [1.54, 1.807) is 30.5 Å². The number of amides is 1. The monoisotopic (exact) mass is 397 g/mol. The number of hydrogen-bond acceptors (Lipinski definition) is 3. The van der Waals surface area contributed by atoms with Crippen molar-refractivity contribution in [2.75, 3.05) is 0 Å². The van der Waals surface area contributed by atoms with Crippen molar-refractivity contribution in [1.29, 1.82) is 0 Å². The number of aliphatic hydroxyl groups is 1. The summed E-state index contributed by atoms with van der Waals surface area (Å²) in [5, 5.41) is 15.3. The number of fused-ring (bicyclic) bond motifs is 1. The Balaban J connectivity index is 1.54. The second-order valence-corrected chi connectivity index (χ2v) is 7.20. The molecule has 1 amide bonds. The Labute approximate surface area is 175 Å². The summed E-state index contributed by atoms with van der Waals surface area (Å²) in [5.41, 5.74) is 7.45. The second kappa shape index (κ2) is 8.76. The van der Waals surface area contributed by atoms with Gasteiger partial charge in [-0.15, -0.1) is 0 Å². The number of rotatable bonds is 6. The van der Waals surface area contributed by atoms with Gasteiger partial charge >= 0.3 is 0 Å². The molecule has 0 unspecified atom stereocenters. The molecule has 30 heavy (non-hydrogen) atoms. The highest BCUT2D eigenvalue weighted by atomic mass is 16.3. The zero-order valence-corrected chi connectivity index (χ0v) is 16.7. The van der Waals surface area contributed by atoms with Crippen LogP contribution in [0.3, 0.4) is 0 Å². The van der Waals surface area contributed by atoms with E-state index in [9.17, 15) is 9.90 Å². The predicted molar refractivity (Wildman–Crippen MR) is 119 cm³/mol. The molecule has 0 aliphatic rings. The first-order valence-corrected chi connectivity index (χ1v) is 9.82. The first-order valence-electron chi connectivity index (χ1n) is 9.82. The molecule has 0 saturated heterocycles. The fourth-order valence-corrected chi connectivity index (χ4v) is 3.49. The van der Waals surface area contributed by atoms with Gasteiger partial charge < -0.3 is 9.67 Å². The van der Waals surface area contributed by atoms with Gasteiger partial charge in [0.05, 0.1) is 6.21 Å². The van der Waals surface area contributed by atoms with Crippen LogP contribution in [0.15, 0.2) is 90.2 Å². The Hall–Kier alpha value is -3.70. The highest BCUT2D eigenvalue weighted by molar-refractivity contribution is 5.99. The molecule has 0 radical (unpaired) electrons. The molecule has 5 heteroatoms. The Bertz CT molecular complexity index is 1200. The summed E-state index contributed by atoms with van der Waals surface area (Å²) in [4.78, 5) is 12.2. The largest absolute Gasteiger partial charge is 0.378 e. The fraction of sp³-hybridized carbons (Fsp3) is 0.120. The van der Waals surface area contributed by atoms with Gasteiger partial charge in [0.1, 0.15) is 0 Å². The second-order valence-electron chi connectivity index (χ2n) is 7.20. The van der Waals surface area contributed by atoms with Crippen LogP contribution in [0.2, 0.25) is 0 Å². The third-order valence-electron chi connectivity index (χ3n) is 5.16. The molecular formula is C25H23N3O2. The average molecular weight is 397 g/mol. The van der Waals surface area contributed by atoms with E-state index in [0.717, 1.165) is 23.0 Å². The summed E-state index contributed by atoms with van der Waals surface area (Å²) in [6.07, 6.45) is 2.39. The van der Waals surface area contributed by atoms with Gasteiger partial charge in [0, 0.05) is 29.2 Å². The highest BCUT2D eigenvalue weighted by Crippen LogP contribution is 2.22. The first-order chi connectivity index (χ1) is 14.6. The molecule has 1 aromatic heterocycles. The van der Waals surface area contributed by atoms with E-state index in [2.05, 4.69) is 40.2 Å². The minimum atomic E-state index is -1.26. The van der Waals surface area contributed by atoms with Crippen LogP contribution in [0.1, 0.15) is 28.4 Å². The number of nitrogens with one attached hydrogen (secondary N) is 1. The van der Waals surface area contributed by atoms with E-state index >= 15 is 0 Å². The zero-order chi connectivity index (χ0) is 20.9. The third kappa shape index (κ3) is 4.16. The molecule has 1 heterocycles. The maximum atomic E-state index is 12.2. The molecule has 0 aliphatic carbocycles. The lowest BCUT2D eigenvalue weighted by atomic mass is 10.1. The SMILES string of the molecule is Cc1ccccc1Cn1cc(/C=N\NC(=O)[C@@H](O)c2ccccc2)c2ccccc21. The van der Waals surface area contributed by atoms with Crippen molar-refractivity contribution in [1.82, 2.24) is 9.99 Å². The molecule has 4 aromatic rings. The number of aryl methyl sites for hydroxylation is 1. The number of aliphatic hydroxyl groups excluding tert-OH is 1. The number of carbonyl (C=O) groups excluding carboxylic acids is 1. The summed E-state index contributed by atoms with van der Waals surface area (Å²) in [5.74, 6) is -0.568. The van der Waals surface area contributed by atoms with Crippen LogP contribution in [0.5, 0.6) is 0 Å². The molecule has 5 nitrogen and oxygen atoms in total. The number of para-hydroxylation sites is 1. The highest BCUT2D eigenvalue weighted by Gasteiger charge is 2.16. The summed E-state index contributed by atoms with van der Waals surface area (Å²) in [6, 6.07) is 25.2. The van der Waals surface area contributed by atoms with Crippen molar-refractivity contribution in [2.24, 2.45) is 5.10 Å². The van der Waals surface area contributed by atoms with Crippen molar-refractivity contribution in [3.8, 4) is 0 Å². The van der Waals surface area contributed by atoms with Crippen molar-refractivity contribution in [3.63, 3.8) is 0 Å². The Kier molecular flexibility index (Phi) is 5.72. The predicted octanol–water partition coefficient (Wildman–Crippen LogP) is 4.18. The lowest BCUT2D eigenvalue weighted by molar-refractivity contribution is -0.129. The van der Waals surface area contributed by atoms with Crippen molar-refractivity contribution in [3.05, 3.63) is 107 Å². The average Bonchev–Trinajstić information content (AvgIpc) is 3.13.